The number of anilines is 1. The molecule has 0 aliphatic heterocycles. The van der Waals surface area contributed by atoms with Crippen molar-refractivity contribution in [3.8, 4) is 0 Å². The topological polar surface area (TPSA) is 95.5 Å². The van der Waals surface area contributed by atoms with E-state index in [1.807, 2.05) is 30.3 Å². The van der Waals surface area contributed by atoms with Crippen LogP contribution in [0.2, 0.25) is 0 Å². The summed E-state index contributed by atoms with van der Waals surface area (Å²) in [6.07, 6.45) is 0. The number of nitro groups is 1. The summed E-state index contributed by atoms with van der Waals surface area (Å²) < 4.78 is 4.67. The smallest absolute Gasteiger partial charge is 0.315 e. The van der Waals surface area contributed by atoms with Gasteiger partial charge in [0.05, 0.1) is 23.0 Å². The van der Waals surface area contributed by atoms with Crippen molar-refractivity contribution in [3.63, 3.8) is 0 Å². The number of carbonyl (C=O) groups is 1. The number of rotatable bonds is 6. The van der Waals surface area contributed by atoms with E-state index >= 15 is 0 Å². The van der Waals surface area contributed by atoms with E-state index in [1.54, 1.807) is 0 Å². The fourth-order valence-electron chi connectivity index (χ4n) is 2.11. The third-order valence-electron chi connectivity index (χ3n) is 3.26. The van der Waals surface area contributed by atoms with Gasteiger partial charge in [-0.05, 0) is 17.2 Å². The quantitative estimate of drug-likeness (QED) is 0.378. The van der Waals surface area contributed by atoms with E-state index in [1.165, 1.54) is 37.1 Å². The molecule has 0 heterocycles. The van der Waals surface area contributed by atoms with Gasteiger partial charge in [0.15, 0.2) is 0 Å². The van der Waals surface area contributed by atoms with Gasteiger partial charge in [-0.2, -0.15) is 0 Å². The van der Waals surface area contributed by atoms with Gasteiger partial charge in [-0.25, -0.2) is 0 Å². The fraction of sp³-hybridized carbons (Fsp3) is 0.188. The first kappa shape index (κ1) is 16.8. The first-order chi connectivity index (χ1) is 11.0. The van der Waals surface area contributed by atoms with Crippen molar-refractivity contribution in [2.75, 3.05) is 18.6 Å². The molecule has 7 heteroatoms. The molecule has 0 saturated carbocycles. The Morgan fingerprint density at radius 2 is 2.00 bits per heavy atom. The summed E-state index contributed by atoms with van der Waals surface area (Å²) >= 11 is 1.32. The van der Waals surface area contributed by atoms with Gasteiger partial charge >= 0.3 is 5.97 Å². The minimum absolute atomic E-state index is 0.0335. The molecule has 0 fully saturated rings. The summed E-state index contributed by atoms with van der Waals surface area (Å²) in [5, 5.41) is 10.7. The van der Waals surface area contributed by atoms with Gasteiger partial charge in [-0.1, -0.05) is 30.3 Å². The Kier molecular flexibility index (Phi) is 5.59. The van der Waals surface area contributed by atoms with Crippen molar-refractivity contribution in [1.29, 1.82) is 0 Å². The summed E-state index contributed by atoms with van der Waals surface area (Å²) in [5.74, 6) is -0.238. The van der Waals surface area contributed by atoms with Crippen LogP contribution in [-0.4, -0.2) is 23.8 Å². The highest BCUT2D eigenvalue weighted by Gasteiger charge is 2.21. The van der Waals surface area contributed by atoms with Gasteiger partial charge in [-0.3, -0.25) is 14.9 Å². The van der Waals surface area contributed by atoms with Gasteiger partial charge in [0.25, 0.3) is 5.69 Å². The Morgan fingerprint density at radius 1 is 1.30 bits per heavy atom. The minimum atomic E-state index is -0.462. The lowest BCUT2D eigenvalue weighted by atomic mass is 10.0. The van der Waals surface area contributed by atoms with Crippen molar-refractivity contribution in [2.45, 2.75) is 5.25 Å². The van der Waals surface area contributed by atoms with Crippen molar-refractivity contribution in [3.05, 3.63) is 69.8 Å². The standard InChI is InChI=1S/C16H16N2O4S/c1-22-15(19)10-23-16(11-5-3-2-4-6-11)13-9-12(18(20)21)7-8-14(13)17/h2-9,16H,10,17H2,1H3. The predicted molar refractivity (Wildman–Crippen MR) is 90.3 cm³/mol. The lowest BCUT2D eigenvalue weighted by Crippen LogP contribution is -2.08. The predicted octanol–water partition coefficient (Wildman–Crippen LogP) is 3.17. The summed E-state index contributed by atoms with van der Waals surface area (Å²) in [5.41, 5.74) is 7.95. The number of nitrogens with two attached hydrogens (primary N) is 1. The molecule has 6 nitrogen and oxygen atoms in total. The first-order valence-corrected chi connectivity index (χ1v) is 7.85. The van der Waals surface area contributed by atoms with Crippen LogP contribution in [0.15, 0.2) is 48.5 Å². The normalized spacial score (nSPS) is 11.7. The second-order valence-corrected chi connectivity index (χ2v) is 5.84. The molecule has 0 spiro atoms. The van der Waals surface area contributed by atoms with Gasteiger partial charge in [0.2, 0.25) is 0 Å². The molecule has 120 valence electrons. The molecule has 2 aromatic carbocycles. The van der Waals surface area contributed by atoms with E-state index in [2.05, 4.69) is 4.74 Å². The summed E-state index contributed by atoms with van der Waals surface area (Å²) in [6, 6.07) is 13.7. The molecule has 0 bridgehead atoms. The van der Waals surface area contributed by atoms with Crippen molar-refractivity contribution in [1.82, 2.24) is 0 Å². The molecule has 0 aromatic heterocycles. The number of thioether (sulfide) groups is 1. The highest BCUT2D eigenvalue weighted by atomic mass is 32.2. The van der Waals surface area contributed by atoms with Crippen LogP contribution in [-0.2, 0) is 9.53 Å². The van der Waals surface area contributed by atoms with E-state index < -0.39 is 4.92 Å². The molecule has 0 amide bonds. The highest BCUT2D eigenvalue weighted by Crippen LogP contribution is 2.39. The van der Waals surface area contributed by atoms with Crippen LogP contribution >= 0.6 is 11.8 Å². The van der Waals surface area contributed by atoms with Crippen LogP contribution in [0.5, 0.6) is 0 Å². The number of non-ortho nitro benzene ring substituents is 1. The van der Waals surface area contributed by atoms with Crippen molar-refractivity contribution in [2.24, 2.45) is 0 Å². The van der Waals surface area contributed by atoms with E-state index in [4.69, 9.17) is 5.73 Å². The van der Waals surface area contributed by atoms with E-state index in [0.29, 0.717) is 11.3 Å². The third-order valence-corrected chi connectivity index (χ3v) is 4.52. The maximum Gasteiger partial charge on any atom is 0.315 e. The monoisotopic (exact) mass is 332 g/mol. The number of nitrogens with zero attached hydrogens (tertiary/aromatic N) is 1. The Balaban J connectivity index is 2.42. The number of nitrogen functional groups attached to an aromatic ring is 1. The highest BCUT2D eigenvalue weighted by molar-refractivity contribution is 8.00. The third kappa shape index (κ3) is 4.23. The Bertz CT molecular complexity index is 706. The van der Waals surface area contributed by atoms with Crippen LogP contribution in [0.25, 0.3) is 0 Å². The maximum absolute atomic E-state index is 11.5. The molecular weight excluding hydrogens is 316 g/mol. The molecular formula is C16H16N2O4S. The van der Waals surface area contributed by atoms with Crippen LogP contribution in [0.3, 0.4) is 0 Å². The molecule has 1 unspecified atom stereocenters. The molecule has 2 rings (SSSR count). The molecule has 23 heavy (non-hydrogen) atoms. The molecule has 0 aliphatic carbocycles. The minimum Gasteiger partial charge on any atom is -0.468 e. The van der Waals surface area contributed by atoms with Crippen LogP contribution in [0.4, 0.5) is 11.4 Å². The van der Waals surface area contributed by atoms with E-state index in [-0.39, 0.29) is 22.7 Å². The molecule has 1 atom stereocenters. The van der Waals surface area contributed by atoms with Gasteiger partial charge in [0.1, 0.15) is 0 Å². The lowest BCUT2D eigenvalue weighted by molar-refractivity contribution is -0.384. The molecule has 2 N–H and O–H groups in total. The zero-order valence-electron chi connectivity index (χ0n) is 12.5. The average molecular weight is 332 g/mol. The molecule has 0 saturated heterocycles. The zero-order chi connectivity index (χ0) is 16.8. The number of methoxy groups -OCH3 is 1. The number of benzene rings is 2. The SMILES string of the molecule is COC(=O)CSC(c1ccccc1)c1cc([N+](=O)[O-])ccc1N. The van der Waals surface area contributed by atoms with Crippen LogP contribution < -0.4 is 5.73 Å². The Hall–Kier alpha value is -2.54. The second kappa shape index (κ2) is 7.64. The van der Waals surface area contributed by atoms with Crippen molar-refractivity contribution < 1.29 is 14.5 Å². The number of hydrogen-bond donors (Lipinski definition) is 1. The van der Waals surface area contributed by atoms with Crippen molar-refractivity contribution >= 4 is 29.1 Å². The van der Waals surface area contributed by atoms with E-state index in [0.717, 1.165) is 5.56 Å². The summed E-state index contributed by atoms with van der Waals surface area (Å²) in [6.45, 7) is 0. The van der Waals surface area contributed by atoms with Crippen LogP contribution in [0.1, 0.15) is 16.4 Å². The van der Waals surface area contributed by atoms with Gasteiger partial charge in [-0.15, -0.1) is 11.8 Å². The second-order valence-electron chi connectivity index (χ2n) is 4.75. The fourth-order valence-corrected chi connectivity index (χ4v) is 3.26. The summed E-state index contributed by atoms with van der Waals surface area (Å²) in [7, 11) is 1.32. The van der Waals surface area contributed by atoms with Crippen LogP contribution in [0, 0.1) is 10.1 Å². The first-order valence-electron chi connectivity index (χ1n) is 6.80. The van der Waals surface area contributed by atoms with Gasteiger partial charge < -0.3 is 10.5 Å². The number of esters is 1. The Morgan fingerprint density at radius 3 is 2.61 bits per heavy atom. The molecule has 2 aromatic rings. The number of hydrogen-bond acceptors (Lipinski definition) is 6. The number of carbonyl (C=O) groups excluding carboxylic acids is 1. The molecule has 0 radical (unpaired) electrons. The van der Waals surface area contributed by atoms with Gasteiger partial charge in [0, 0.05) is 17.8 Å². The largest absolute Gasteiger partial charge is 0.468 e. The Labute approximate surface area is 137 Å². The van der Waals surface area contributed by atoms with E-state index in [9.17, 15) is 14.9 Å². The maximum atomic E-state index is 11.5. The number of nitro benzene ring substituents is 1. The lowest BCUT2D eigenvalue weighted by Gasteiger charge is -2.19. The number of ether oxygens (including phenoxy) is 1. The molecule has 0 aliphatic rings. The average Bonchev–Trinajstić information content (AvgIpc) is 2.57. The zero-order valence-corrected chi connectivity index (χ0v) is 13.3. The summed E-state index contributed by atoms with van der Waals surface area (Å²) in [4.78, 5) is 22.0.